The van der Waals surface area contributed by atoms with Crippen LogP contribution in [0.1, 0.15) is 57.4 Å². The molecule has 1 atom stereocenters. The van der Waals surface area contributed by atoms with Gasteiger partial charge in [0, 0.05) is 0 Å². The maximum absolute atomic E-state index is 12.6. The summed E-state index contributed by atoms with van der Waals surface area (Å²) in [5.41, 5.74) is 3.76. The second-order valence-electron chi connectivity index (χ2n) is 8.45. The SMILES string of the molecule is CCc1ccc([C@H](C)NC(=O)CN(c2ccc(C(C)(C)C)cc2)S(C)(=O)=O)cc1. The predicted molar refractivity (Wildman–Crippen MR) is 120 cm³/mol. The number of carbonyl (C=O) groups excluding carboxylic acids is 1. The number of rotatable bonds is 7. The standard InChI is InChI=1S/C23H32N2O3S/c1-7-18-8-10-19(11-9-18)17(2)24-22(26)16-25(29(6,27)28)21-14-12-20(13-15-21)23(3,4)5/h8-15,17H,7,16H2,1-6H3,(H,24,26)/t17-/m0/s1. The van der Waals surface area contributed by atoms with Crippen molar-refractivity contribution < 1.29 is 13.2 Å². The third-order valence-corrected chi connectivity index (χ3v) is 6.11. The average molecular weight is 417 g/mol. The van der Waals surface area contributed by atoms with Crippen molar-refractivity contribution >= 4 is 21.6 Å². The van der Waals surface area contributed by atoms with Crippen molar-refractivity contribution in [2.75, 3.05) is 17.1 Å². The lowest BCUT2D eigenvalue weighted by molar-refractivity contribution is -0.120. The molecule has 0 aliphatic rings. The van der Waals surface area contributed by atoms with E-state index in [1.807, 2.05) is 43.3 Å². The number of nitrogens with zero attached hydrogens (tertiary/aromatic N) is 1. The Labute approximate surface area is 175 Å². The lowest BCUT2D eigenvalue weighted by atomic mass is 9.87. The normalized spacial score (nSPS) is 13.0. The maximum Gasteiger partial charge on any atom is 0.241 e. The highest BCUT2D eigenvalue weighted by molar-refractivity contribution is 7.92. The van der Waals surface area contributed by atoms with Crippen LogP contribution in [0.3, 0.4) is 0 Å². The van der Waals surface area contributed by atoms with E-state index in [4.69, 9.17) is 0 Å². The Morgan fingerprint density at radius 1 is 1.03 bits per heavy atom. The Morgan fingerprint density at radius 3 is 2.03 bits per heavy atom. The molecule has 0 fully saturated rings. The van der Waals surface area contributed by atoms with Crippen LogP contribution in [0.4, 0.5) is 5.69 Å². The molecule has 2 rings (SSSR count). The van der Waals surface area contributed by atoms with Gasteiger partial charge >= 0.3 is 0 Å². The van der Waals surface area contributed by atoms with Gasteiger partial charge in [-0.3, -0.25) is 9.10 Å². The van der Waals surface area contributed by atoms with Gasteiger partial charge in [0.1, 0.15) is 6.54 Å². The zero-order chi connectivity index (χ0) is 21.8. The molecule has 29 heavy (non-hydrogen) atoms. The summed E-state index contributed by atoms with van der Waals surface area (Å²) in [4.78, 5) is 12.6. The number of benzene rings is 2. The van der Waals surface area contributed by atoms with Gasteiger partial charge in [-0.2, -0.15) is 0 Å². The van der Waals surface area contributed by atoms with Gasteiger partial charge in [-0.25, -0.2) is 8.42 Å². The molecule has 1 N–H and O–H groups in total. The van der Waals surface area contributed by atoms with Gasteiger partial charge < -0.3 is 5.32 Å². The summed E-state index contributed by atoms with van der Waals surface area (Å²) in [7, 11) is -3.60. The van der Waals surface area contributed by atoms with Crippen molar-refractivity contribution in [3.8, 4) is 0 Å². The second-order valence-corrected chi connectivity index (χ2v) is 10.4. The minimum absolute atomic E-state index is 0.0332. The van der Waals surface area contributed by atoms with Crippen LogP contribution in [0.5, 0.6) is 0 Å². The molecule has 5 nitrogen and oxygen atoms in total. The fraction of sp³-hybridized carbons (Fsp3) is 0.435. The molecule has 0 aliphatic carbocycles. The fourth-order valence-electron chi connectivity index (χ4n) is 3.07. The fourth-order valence-corrected chi connectivity index (χ4v) is 3.93. The summed E-state index contributed by atoms with van der Waals surface area (Å²) in [6.45, 7) is 10.0. The van der Waals surface area contributed by atoms with Crippen LogP contribution in [0.15, 0.2) is 48.5 Å². The Hall–Kier alpha value is -2.34. The molecule has 0 bridgehead atoms. The number of sulfonamides is 1. The molecule has 0 radical (unpaired) electrons. The van der Waals surface area contributed by atoms with Gasteiger partial charge in [0.25, 0.3) is 0 Å². The molecule has 6 heteroatoms. The lowest BCUT2D eigenvalue weighted by Gasteiger charge is -2.25. The van der Waals surface area contributed by atoms with Crippen molar-refractivity contribution in [1.29, 1.82) is 0 Å². The molecule has 0 saturated heterocycles. The Morgan fingerprint density at radius 2 is 1.59 bits per heavy atom. The molecule has 0 heterocycles. The van der Waals surface area contributed by atoms with Gasteiger partial charge in [-0.05, 0) is 47.6 Å². The molecule has 0 aromatic heterocycles. The molecule has 2 aromatic rings. The predicted octanol–water partition coefficient (Wildman–Crippen LogP) is 4.19. The number of hydrogen-bond acceptors (Lipinski definition) is 3. The number of anilines is 1. The van der Waals surface area contributed by atoms with Gasteiger partial charge in [0.05, 0.1) is 18.0 Å². The Kier molecular flexibility index (Phi) is 7.11. The van der Waals surface area contributed by atoms with E-state index < -0.39 is 10.0 Å². The average Bonchev–Trinajstić information content (AvgIpc) is 2.64. The van der Waals surface area contributed by atoms with E-state index in [2.05, 4.69) is 33.0 Å². The van der Waals surface area contributed by atoms with Crippen LogP contribution in [0, 0.1) is 0 Å². The Balaban J connectivity index is 2.14. The summed E-state index contributed by atoms with van der Waals surface area (Å²) >= 11 is 0. The zero-order valence-electron chi connectivity index (χ0n) is 18.2. The van der Waals surface area contributed by atoms with Crippen molar-refractivity contribution in [3.63, 3.8) is 0 Å². The molecular weight excluding hydrogens is 384 g/mol. The van der Waals surface area contributed by atoms with Crippen LogP contribution in [0.25, 0.3) is 0 Å². The molecule has 0 unspecified atom stereocenters. The highest BCUT2D eigenvalue weighted by Crippen LogP contribution is 2.26. The van der Waals surface area contributed by atoms with E-state index in [-0.39, 0.29) is 23.9 Å². The van der Waals surface area contributed by atoms with Crippen molar-refractivity contribution in [2.45, 2.75) is 52.5 Å². The van der Waals surface area contributed by atoms with Crippen molar-refractivity contribution in [2.24, 2.45) is 0 Å². The monoisotopic (exact) mass is 416 g/mol. The van der Waals surface area contributed by atoms with E-state index in [0.717, 1.165) is 28.1 Å². The van der Waals surface area contributed by atoms with E-state index in [9.17, 15) is 13.2 Å². The summed E-state index contributed by atoms with van der Waals surface area (Å²) < 4.78 is 25.8. The second kappa shape index (κ2) is 8.99. The summed E-state index contributed by atoms with van der Waals surface area (Å²) in [5.74, 6) is -0.345. The van der Waals surface area contributed by atoms with Crippen LogP contribution < -0.4 is 9.62 Å². The van der Waals surface area contributed by atoms with Crippen LogP contribution in [-0.2, 0) is 26.7 Å². The van der Waals surface area contributed by atoms with Gasteiger partial charge in [-0.15, -0.1) is 0 Å². The number of carbonyl (C=O) groups is 1. The third kappa shape index (κ3) is 6.32. The first-order valence-corrected chi connectivity index (χ1v) is 11.7. The molecule has 0 spiro atoms. The molecular formula is C23H32N2O3S. The number of aryl methyl sites for hydroxylation is 1. The molecule has 1 amide bonds. The van der Waals surface area contributed by atoms with E-state index in [0.29, 0.717) is 5.69 Å². The van der Waals surface area contributed by atoms with Crippen LogP contribution >= 0.6 is 0 Å². The van der Waals surface area contributed by atoms with E-state index in [1.54, 1.807) is 12.1 Å². The smallest absolute Gasteiger partial charge is 0.241 e. The topological polar surface area (TPSA) is 66.5 Å². The first-order valence-electron chi connectivity index (χ1n) is 9.88. The summed E-state index contributed by atoms with van der Waals surface area (Å²) in [5, 5.41) is 2.90. The van der Waals surface area contributed by atoms with Crippen molar-refractivity contribution in [3.05, 3.63) is 65.2 Å². The lowest BCUT2D eigenvalue weighted by Crippen LogP contribution is -2.41. The molecule has 0 saturated carbocycles. The van der Waals surface area contributed by atoms with Gasteiger partial charge in [0.2, 0.25) is 15.9 Å². The number of nitrogens with one attached hydrogen (secondary N) is 1. The van der Waals surface area contributed by atoms with Gasteiger partial charge in [-0.1, -0.05) is 64.1 Å². The van der Waals surface area contributed by atoms with E-state index >= 15 is 0 Å². The number of amides is 1. The van der Waals surface area contributed by atoms with Crippen LogP contribution in [0.2, 0.25) is 0 Å². The highest BCUT2D eigenvalue weighted by Gasteiger charge is 2.23. The van der Waals surface area contributed by atoms with Gasteiger partial charge in [0.15, 0.2) is 0 Å². The van der Waals surface area contributed by atoms with E-state index in [1.165, 1.54) is 5.56 Å². The summed E-state index contributed by atoms with van der Waals surface area (Å²) in [6.07, 6.45) is 2.07. The minimum atomic E-state index is -3.60. The zero-order valence-corrected chi connectivity index (χ0v) is 19.0. The summed E-state index contributed by atoms with van der Waals surface area (Å²) in [6, 6.07) is 15.2. The first-order chi connectivity index (χ1) is 13.4. The van der Waals surface area contributed by atoms with Crippen LogP contribution in [-0.4, -0.2) is 27.1 Å². The Bertz CT molecular complexity index is 928. The third-order valence-electron chi connectivity index (χ3n) is 4.97. The molecule has 2 aromatic carbocycles. The largest absolute Gasteiger partial charge is 0.348 e. The van der Waals surface area contributed by atoms with Crippen molar-refractivity contribution in [1.82, 2.24) is 5.32 Å². The minimum Gasteiger partial charge on any atom is -0.348 e. The number of hydrogen-bond donors (Lipinski definition) is 1. The molecule has 0 aliphatic heterocycles. The highest BCUT2D eigenvalue weighted by atomic mass is 32.2. The quantitative estimate of drug-likeness (QED) is 0.736. The molecule has 158 valence electrons. The first kappa shape index (κ1) is 22.9. The maximum atomic E-state index is 12.6.